The maximum atomic E-state index is 2.52. The molecule has 1 aliphatic rings. The number of rotatable bonds is 2. The lowest BCUT2D eigenvalue weighted by atomic mass is 9.95. The smallest absolute Gasteiger partial charge is 0.0720 e. The molecule has 0 saturated heterocycles. The second-order valence-corrected chi connectivity index (χ2v) is 5.27. The maximum Gasteiger partial charge on any atom is 0.0720 e. The summed E-state index contributed by atoms with van der Waals surface area (Å²) in [5.74, 6) is 0.604. The van der Waals surface area contributed by atoms with E-state index in [-0.39, 0.29) is 0 Å². The van der Waals surface area contributed by atoms with Crippen molar-refractivity contribution in [2.75, 3.05) is 11.4 Å². The first-order valence-electron chi connectivity index (χ1n) is 6.77. The van der Waals surface area contributed by atoms with Crippen molar-refractivity contribution in [3.8, 4) is 5.69 Å². The van der Waals surface area contributed by atoms with E-state index in [9.17, 15) is 0 Å². The highest BCUT2D eigenvalue weighted by molar-refractivity contribution is 5.67. The fourth-order valence-corrected chi connectivity index (χ4v) is 3.14. The fraction of sp³-hybridized carbons (Fsp3) is 0.375. The second-order valence-electron chi connectivity index (χ2n) is 5.27. The minimum Gasteiger partial charge on any atom is -0.361 e. The molecule has 0 saturated carbocycles. The Kier molecular flexibility index (Phi) is 2.66. The molecule has 0 aliphatic carbocycles. The van der Waals surface area contributed by atoms with Crippen molar-refractivity contribution in [1.82, 2.24) is 4.57 Å². The van der Waals surface area contributed by atoms with Gasteiger partial charge >= 0.3 is 0 Å². The van der Waals surface area contributed by atoms with Crippen LogP contribution >= 0.6 is 0 Å². The van der Waals surface area contributed by atoms with Gasteiger partial charge in [-0.15, -0.1) is 0 Å². The Labute approximate surface area is 109 Å². The van der Waals surface area contributed by atoms with Gasteiger partial charge in [0.15, 0.2) is 0 Å². The minimum absolute atomic E-state index is 0.472. The summed E-state index contributed by atoms with van der Waals surface area (Å²) < 4.78 is 2.34. The van der Waals surface area contributed by atoms with Crippen molar-refractivity contribution in [1.29, 1.82) is 0 Å². The number of para-hydroxylation sites is 2. The van der Waals surface area contributed by atoms with Gasteiger partial charge in [0.25, 0.3) is 0 Å². The number of aromatic nitrogens is 1. The summed E-state index contributed by atoms with van der Waals surface area (Å²) in [4.78, 5) is 2.52. The Balaban J connectivity index is 2.24. The van der Waals surface area contributed by atoms with Crippen LogP contribution in [0.15, 0.2) is 42.6 Å². The van der Waals surface area contributed by atoms with Crippen molar-refractivity contribution < 1.29 is 0 Å². The first-order valence-corrected chi connectivity index (χ1v) is 6.77. The van der Waals surface area contributed by atoms with E-state index < -0.39 is 0 Å². The third-order valence-electron chi connectivity index (χ3n) is 3.84. The van der Waals surface area contributed by atoms with Gasteiger partial charge in [0.1, 0.15) is 0 Å². The Morgan fingerprint density at radius 1 is 1.06 bits per heavy atom. The maximum absolute atomic E-state index is 2.52. The van der Waals surface area contributed by atoms with Crippen LogP contribution in [0.4, 0.5) is 5.69 Å². The van der Waals surface area contributed by atoms with E-state index in [0.717, 1.165) is 6.54 Å². The molecule has 0 fully saturated rings. The molecule has 2 aromatic rings. The topological polar surface area (TPSA) is 8.17 Å². The highest BCUT2D eigenvalue weighted by atomic mass is 15.2. The van der Waals surface area contributed by atoms with Gasteiger partial charge in [-0.1, -0.05) is 26.0 Å². The summed E-state index contributed by atoms with van der Waals surface area (Å²) in [7, 11) is 0. The summed E-state index contributed by atoms with van der Waals surface area (Å²) in [6.45, 7) is 7.90. The quantitative estimate of drug-likeness (QED) is 0.770. The Hall–Kier alpha value is -1.70. The van der Waals surface area contributed by atoms with E-state index in [2.05, 4.69) is 72.8 Å². The SMILES string of the molecule is CCN1c2ccccc2-n2cccc2C1C(C)C. The van der Waals surface area contributed by atoms with Crippen LogP contribution in [0.25, 0.3) is 5.69 Å². The van der Waals surface area contributed by atoms with Crippen molar-refractivity contribution >= 4 is 5.69 Å². The van der Waals surface area contributed by atoms with E-state index in [1.54, 1.807) is 0 Å². The summed E-state index contributed by atoms with van der Waals surface area (Å²) in [5.41, 5.74) is 4.06. The largest absolute Gasteiger partial charge is 0.361 e. The monoisotopic (exact) mass is 240 g/mol. The highest BCUT2D eigenvalue weighted by Gasteiger charge is 2.31. The average molecular weight is 240 g/mol. The van der Waals surface area contributed by atoms with E-state index >= 15 is 0 Å². The molecule has 1 aliphatic heterocycles. The van der Waals surface area contributed by atoms with E-state index in [1.165, 1.54) is 17.1 Å². The van der Waals surface area contributed by atoms with Gasteiger partial charge in [0.05, 0.1) is 17.4 Å². The van der Waals surface area contributed by atoms with Crippen LogP contribution in [0, 0.1) is 5.92 Å². The molecule has 1 atom stereocenters. The third kappa shape index (κ3) is 1.48. The van der Waals surface area contributed by atoms with Gasteiger partial charge < -0.3 is 9.47 Å². The normalized spacial score (nSPS) is 17.8. The number of hydrogen-bond donors (Lipinski definition) is 0. The van der Waals surface area contributed by atoms with Crippen LogP contribution < -0.4 is 4.90 Å². The molecule has 94 valence electrons. The van der Waals surface area contributed by atoms with Crippen molar-refractivity contribution in [2.45, 2.75) is 26.8 Å². The average Bonchev–Trinajstić information content (AvgIpc) is 2.85. The predicted octanol–water partition coefficient (Wildman–Crippen LogP) is 4.01. The number of benzene rings is 1. The van der Waals surface area contributed by atoms with Crippen molar-refractivity contribution in [3.63, 3.8) is 0 Å². The summed E-state index contributed by atoms with van der Waals surface area (Å²) in [5, 5.41) is 0. The zero-order valence-electron chi connectivity index (χ0n) is 11.3. The molecular formula is C16H20N2. The molecule has 18 heavy (non-hydrogen) atoms. The predicted molar refractivity (Wildman–Crippen MR) is 76.4 cm³/mol. The van der Waals surface area contributed by atoms with Crippen LogP contribution in [-0.2, 0) is 0 Å². The molecule has 0 spiro atoms. The molecule has 1 unspecified atom stereocenters. The number of fused-ring (bicyclic) bond motifs is 3. The Morgan fingerprint density at radius 3 is 2.44 bits per heavy atom. The second kappa shape index (κ2) is 4.20. The molecule has 0 N–H and O–H groups in total. The van der Waals surface area contributed by atoms with Crippen LogP contribution in [0.3, 0.4) is 0 Å². The first-order chi connectivity index (χ1) is 8.74. The van der Waals surface area contributed by atoms with E-state index in [0.29, 0.717) is 12.0 Å². The highest BCUT2D eigenvalue weighted by Crippen LogP contribution is 2.41. The van der Waals surface area contributed by atoms with Gasteiger partial charge in [-0.25, -0.2) is 0 Å². The lowest BCUT2D eigenvalue weighted by Crippen LogP contribution is -2.37. The fourth-order valence-electron chi connectivity index (χ4n) is 3.14. The Morgan fingerprint density at radius 2 is 1.78 bits per heavy atom. The molecule has 3 rings (SSSR count). The summed E-state index contributed by atoms with van der Waals surface area (Å²) >= 11 is 0. The number of hydrogen-bond acceptors (Lipinski definition) is 1. The molecule has 2 heterocycles. The molecule has 1 aromatic heterocycles. The molecule has 2 heteroatoms. The molecule has 0 amide bonds. The first kappa shape index (κ1) is 11.4. The lowest BCUT2D eigenvalue weighted by Gasteiger charge is -2.41. The minimum atomic E-state index is 0.472. The van der Waals surface area contributed by atoms with Crippen LogP contribution in [0.5, 0.6) is 0 Å². The zero-order valence-corrected chi connectivity index (χ0v) is 11.3. The number of anilines is 1. The van der Waals surface area contributed by atoms with Crippen LogP contribution in [0.1, 0.15) is 32.5 Å². The summed E-state index contributed by atoms with van der Waals surface area (Å²) in [6.07, 6.45) is 2.18. The standard InChI is InChI=1S/C16H20N2/c1-4-17-13-8-5-6-9-14(13)18-11-7-10-15(18)16(17)12(2)3/h5-12,16H,4H2,1-3H3. The van der Waals surface area contributed by atoms with E-state index in [1.807, 2.05) is 0 Å². The van der Waals surface area contributed by atoms with Crippen molar-refractivity contribution in [3.05, 3.63) is 48.3 Å². The van der Waals surface area contributed by atoms with Gasteiger partial charge in [-0.2, -0.15) is 0 Å². The third-order valence-corrected chi connectivity index (χ3v) is 3.84. The summed E-state index contributed by atoms with van der Waals surface area (Å²) in [6, 6.07) is 13.6. The van der Waals surface area contributed by atoms with Gasteiger partial charge in [-0.05, 0) is 37.1 Å². The Bertz CT molecular complexity index is 554. The van der Waals surface area contributed by atoms with Gasteiger partial charge in [0, 0.05) is 18.4 Å². The van der Waals surface area contributed by atoms with Crippen LogP contribution in [-0.4, -0.2) is 11.1 Å². The van der Waals surface area contributed by atoms with E-state index in [4.69, 9.17) is 0 Å². The molecule has 0 radical (unpaired) electrons. The molecule has 1 aromatic carbocycles. The molecular weight excluding hydrogens is 220 g/mol. The van der Waals surface area contributed by atoms with Gasteiger partial charge in [-0.3, -0.25) is 0 Å². The molecule has 0 bridgehead atoms. The lowest BCUT2D eigenvalue weighted by molar-refractivity contribution is 0.450. The number of nitrogens with zero attached hydrogens (tertiary/aromatic N) is 2. The molecule has 2 nitrogen and oxygen atoms in total. The van der Waals surface area contributed by atoms with Crippen LogP contribution in [0.2, 0.25) is 0 Å². The van der Waals surface area contributed by atoms with Crippen molar-refractivity contribution in [2.24, 2.45) is 5.92 Å². The zero-order chi connectivity index (χ0) is 12.7. The van der Waals surface area contributed by atoms with Gasteiger partial charge in [0.2, 0.25) is 0 Å².